The van der Waals surface area contributed by atoms with Gasteiger partial charge in [0.05, 0.1) is 18.8 Å². The molecule has 3 heterocycles. The highest BCUT2D eigenvalue weighted by molar-refractivity contribution is 5.90. The lowest BCUT2D eigenvalue weighted by Crippen LogP contribution is -2.51. The SMILES string of the molecule is CC(=O)NC[C@H]1CN(c2cc(F)c(N3CCN(C(=O)[C@H]4CCCO4)CC3)c(F)c2)C(=O)O1. The molecule has 32 heavy (non-hydrogen) atoms. The molecule has 4 rings (SSSR count). The van der Waals surface area contributed by atoms with Crippen LogP contribution in [0.2, 0.25) is 0 Å². The maximum atomic E-state index is 14.9. The maximum absolute atomic E-state index is 14.9. The zero-order valence-corrected chi connectivity index (χ0v) is 17.8. The molecule has 1 N–H and O–H groups in total. The largest absolute Gasteiger partial charge is 0.442 e. The number of amides is 3. The third-order valence-electron chi connectivity index (χ3n) is 5.88. The summed E-state index contributed by atoms with van der Waals surface area (Å²) in [6, 6.07) is 2.20. The monoisotopic (exact) mass is 452 g/mol. The predicted octanol–water partition coefficient (Wildman–Crippen LogP) is 1.25. The van der Waals surface area contributed by atoms with Crippen LogP contribution >= 0.6 is 0 Å². The molecule has 0 bridgehead atoms. The van der Waals surface area contributed by atoms with E-state index in [1.165, 1.54) is 6.92 Å². The van der Waals surface area contributed by atoms with Crippen molar-refractivity contribution in [2.45, 2.75) is 32.0 Å². The average Bonchev–Trinajstić information content (AvgIpc) is 3.41. The Bertz CT molecular complexity index is 877. The smallest absolute Gasteiger partial charge is 0.414 e. The van der Waals surface area contributed by atoms with E-state index in [1.54, 1.807) is 9.80 Å². The first-order valence-corrected chi connectivity index (χ1v) is 10.7. The average molecular weight is 452 g/mol. The van der Waals surface area contributed by atoms with E-state index in [2.05, 4.69) is 5.32 Å². The highest BCUT2D eigenvalue weighted by atomic mass is 19.1. The van der Waals surface area contributed by atoms with Gasteiger partial charge >= 0.3 is 6.09 Å². The van der Waals surface area contributed by atoms with E-state index in [0.717, 1.165) is 23.5 Å². The highest BCUT2D eigenvalue weighted by Crippen LogP contribution is 2.31. The van der Waals surface area contributed by atoms with Crippen molar-refractivity contribution in [1.82, 2.24) is 10.2 Å². The van der Waals surface area contributed by atoms with Crippen molar-refractivity contribution in [3.63, 3.8) is 0 Å². The van der Waals surface area contributed by atoms with Gasteiger partial charge in [-0.3, -0.25) is 14.5 Å². The number of hydrogen-bond acceptors (Lipinski definition) is 6. The highest BCUT2D eigenvalue weighted by Gasteiger charge is 2.35. The van der Waals surface area contributed by atoms with E-state index in [4.69, 9.17) is 9.47 Å². The fourth-order valence-electron chi connectivity index (χ4n) is 4.23. The topological polar surface area (TPSA) is 91.4 Å². The van der Waals surface area contributed by atoms with Crippen molar-refractivity contribution >= 4 is 29.3 Å². The van der Waals surface area contributed by atoms with Crippen molar-refractivity contribution in [2.75, 3.05) is 55.7 Å². The first kappa shape index (κ1) is 22.3. The maximum Gasteiger partial charge on any atom is 0.414 e. The van der Waals surface area contributed by atoms with Crippen LogP contribution in [-0.2, 0) is 19.1 Å². The number of carbonyl (C=O) groups is 3. The van der Waals surface area contributed by atoms with Gasteiger partial charge in [-0.1, -0.05) is 0 Å². The van der Waals surface area contributed by atoms with Crippen LogP contribution in [0, 0.1) is 11.6 Å². The number of cyclic esters (lactones) is 1. The summed E-state index contributed by atoms with van der Waals surface area (Å²) in [6.45, 7) is 3.39. The summed E-state index contributed by atoms with van der Waals surface area (Å²) in [4.78, 5) is 40.0. The summed E-state index contributed by atoms with van der Waals surface area (Å²) in [5.74, 6) is -1.92. The predicted molar refractivity (Wildman–Crippen MR) is 110 cm³/mol. The molecule has 0 unspecified atom stereocenters. The van der Waals surface area contributed by atoms with E-state index >= 15 is 0 Å². The van der Waals surface area contributed by atoms with Crippen molar-refractivity contribution in [2.24, 2.45) is 0 Å². The van der Waals surface area contributed by atoms with Gasteiger partial charge in [0.15, 0.2) is 11.6 Å². The molecule has 9 nitrogen and oxygen atoms in total. The Morgan fingerprint density at radius 1 is 1.16 bits per heavy atom. The number of carbonyl (C=O) groups excluding carboxylic acids is 3. The molecule has 0 saturated carbocycles. The molecule has 11 heteroatoms. The standard InChI is InChI=1S/C21H26F2N4O5/c1-13(28)24-11-15-12-27(21(30)32-15)14-9-16(22)19(17(23)10-14)25-4-6-26(7-5-25)20(29)18-3-2-8-31-18/h9-10,15,18H,2-8,11-12H2,1H3,(H,24,28)/t15-,18+/m0/s1. The number of rotatable bonds is 5. The fourth-order valence-corrected chi connectivity index (χ4v) is 4.23. The van der Waals surface area contributed by atoms with E-state index in [0.29, 0.717) is 26.1 Å². The summed E-state index contributed by atoms with van der Waals surface area (Å²) in [7, 11) is 0. The number of hydrogen-bond donors (Lipinski definition) is 1. The number of piperazine rings is 1. The minimum atomic E-state index is -0.794. The van der Waals surface area contributed by atoms with Gasteiger partial charge in [0.2, 0.25) is 5.91 Å². The van der Waals surface area contributed by atoms with Gasteiger partial charge in [-0.05, 0) is 12.8 Å². The minimum absolute atomic E-state index is 0.0475. The van der Waals surface area contributed by atoms with Crippen LogP contribution in [0.5, 0.6) is 0 Å². The van der Waals surface area contributed by atoms with E-state index < -0.39 is 29.9 Å². The van der Waals surface area contributed by atoms with Gasteiger partial charge < -0.3 is 24.6 Å². The third-order valence-corrected chi connectivity index (χ3v) is 5.88. The zero-order chi connectivity index (χ0) is 22.8. The first-order valence-electron chi connectivity index (χ1n) is 10.7. The fraction of sp³-hybridized carbons (Fsp3) is 0.571. The van der Waals surface area contributed by atoms with Crippen molar-refractivity contribution in [3.8, 4) is 0 Å². The van der Waals surface area contributed by atoms with Gasteiger partial charge in [0.25, 0.3) is 5.91 Å². The lowest BCUT2D eigenvalue weighted by atomic mass is 10.1. The second-order valence-corrected chi connectivity index (χ2v) is 8.13. The molecule has 3 aliphatic heterocycles. The van der Waals surface area contributed by atoms with Crippen molar-refractivity contribution in [1.29, 1.82) is 0 Å². The molecule has 3 saturated heterocycles. The van der Waals surface area contributed by atoms with E-state index in [1.807, 2.05) is 0 Å². The molecule has 0 spiro atoms. The molecule has 1 aromatic carbocycles. The number of nitrogens with zero attached hydrogens (tertiary/aromatic N) is 3. The van der Waals surface area contributed by atoms with Crippen LogP contribution in [0.25, 0.3) is 0 Å². The van der Waals surface area contributed by atoms with Gasteiger partial charge in [-0.2, -0.15) is 0 Å². The van der Waals surface area contributed by atoms with Gasteiger partial charge in [0, 0.05) is 51.8 Å². The van der Waals surface area contributed by atoms with Crippen LogP contribution < -0.4 is 15.1 Å². The van der Waals surface area contributed by atoms with Crippen molar-refractivity contribution < 1.29 is 32.6 Å². The van der Waals surface area contributed by atoms with Crippen LogP contribution in [0.15, 0.2) is 12.1 Å². The first-order chi connectivity index (χ1) is 15.3. The summed E-state index contributed by atoms with van der Waals surface area (Å²) in [5, 5.41) is 2.55. The number of nitrogens with one attached hydrogen (secondary N) is 1. The summed E-state index contributed by atoms with van der Waals surface area (Å²) in [6.07, 6.45) is -0.185. The second-order valence-electron chi connectivity index (χ2n) is 8.13. The summed E-state index contributed by atoms with van der Waals surface area (Å²) >= 11 is 0. The summed E-state index contributed by atoms with van der Waals surface area (Å²) in [5.41, 5.74) is -0.133. The van der Waals surface area contributed by atoms with Crippen LogP contribution in [0.4, 0.5) is 25.0 Å². The Labute approximate surface area is 184 Å². The molecular weight excluding hydrogens is 426 g/mol. The lowest BCUT2D eigenvalue weighted by Gasteiger charge is -2.37. The van der Waals surface area contributed by atoms with Crippen LogP contribution in [-0.4, -0.2) is 80.9 Å². The Morgan fingerprint density at radius 2 is 1.84 bits per heavy atom. The molecule has 0 aromatic heterocycles. The normalized spacial score (nSPS) is 23.5. The minimum Gasteiger partial charge on any atom is -0.442 e. The molecule has 174 valence electrons. The van der Waals surface area contributed by atoms with Crippen LogP contribution in [0.1, 0.15) is 19.8 Å². The number of anilines is 2. The van der Waals surface area contributed by atoms with E-state index in [-0.39, 0.29) is 49.4 Å². The molecule has 0 radical (unpaired) electrons. The Morgan fingerprint density at radius 3 is 2.44 bits per heavy atom. The van der Waals surface area contributed by atoms with Crippen molar-refractivity contribution in [3.05, 3.63) is 23.8 Å². The van der Waals surface area contributed by atoms with Gasteiger partial charge in [-0.15, -0.1) is 0 Å². The number of ether oxygens (including phenoxy) is 2. The third kappa shape index (κ3) is 4.62. The molecular formula is C21H26F2N4O5. The lowest BCUT2D eigenvalue weighted by molar-refractivity contribution is -0.141. The van der Waals surface area contributed by atoms with Gasteiger partial charge in [-0.25, -0.2) is 13.6 Å². The molecule has 2 atom stereocenters. The molecule has 3 aliphatic rings. The Kier molecular flexibility index (Phi) is 6.45. The molecule has 0 aliphatic carbocycles. The molecule has 3 fully saturated rings. The number of benzene rings is 1. The Hall–Kier alpha value is -2.95. The van der Waals surface area contributed by atoms with Gasteiger partial charge in [0.1, 0.15) is 17.9 Å². The zero-order valence-electron chi connectivity index (χ0n) is 17.8. The molecule has 3 amide bonds. The number of halogens is 2. The van der Waals surface area contributed by atoms with E-state index in [9.17, 15) is 23.2 Å². The second kappa shape index (κ2) is 9.27. The quantitative estimate of drug-likeness (QED) is 0.723. The Balaban J connectivity index is 1.41. The summed E-state index contributed by atoms with van der Waals surface area (Å²) < 4.78 is 40.4. The van der Waals surface area contributed by atoms with Crippen LogP contribution in [0.3, 0.4) is 0 Å². The molecule has 1 aromatic rings.